The highest BCUT2D eigenvalue weighted by Gasteiger charge is 2.46. The number of carbonyl (C=O) groups excluding carboxylic acids is 2. The summed E-state index contributed by atoms with van der Waals surface area (Å²) in [6.45, 7) is 0.111. The van der Waals surface area contributed by atoms with Crippen molar-refractivity contribution < 1.29 is 23.8 Å². The summed E-state index contributed by atoms with van der Waals surface area (Å²) in [7, 11) is 1.56. The van der Waals surface area contributed by atoms with Gasteiger partial charge in [0.15, 0.2) is 0 Å². The molecule has 1 fully saturated rings. The minimum atomic E-state index is -0.744. The molecule has 6 heteroatoms. The maximum atomic E-state index is 12.9. The Morgan fingerprint density at radius 1 is 1.03 bits per heavy atom. The number of benzene rings is 2. The van der Waals surface area contributed by atoms with Crippen LogP contribution in [0.5, 0.6) is 5.75 Å². The first-order chi connectivity index (χ1) is 14.1. The summed E-state index contributed by atoms with van der Waals surface area (Å²) in [5.74, 6) is -0.407. The summed E-state index contributed by atoms with van der Waals surface area (Å²) in [6.07, 6.45) is 1.51. The van der Waals surface area contributed by atoms with Crippen LogP contribution < -0.4 is 4.74 Å². The number of furan rings is 1. The van der Waals surface area contributed by atoms with Crippen LogP contribution in [0, 0.1) is 0 Å². The number of hydrogen-bond donors (Lipinski definition) is 1. The number of aliphatic hydroxyl groups excluding tert-OH is 1. The van der Waals surface area contributed by atoms with Gasteiger partial charge in [0.25, 0.3) is 11.7 Å². The van der Waals surface area contributed by atoms with Gasteiger partial charge >= 0.3 is 0 Å². The number of ketones is 1. The Morgan fingerprint density at radius 3 is 2.38 bits per heavy atom. The molecule has 0 radical (unpaired) electrons. The average Bonchev–Trinajstić information content (AvgIpc) is 3.36. The molecule has 29 heavy (non-hydrogen) atoms. The molecule has 1 aliphatic rings. The monoisotopic (exact) mass is 389 g/mol. The topological polar surface area (TPSA) is 80.0 Å². The van der Waals surface area contributed by atoms with Gasteiger partial charge in [-0.3, -0.25) is 9.59 Å². The lowest BCUT2D eigenvalue weighted by Crippen LogP contribution is -2.29. The second kappa shape index (κ2) is 7.67. The molecule has 0 bridgehead atoms. The van der Waals surface area contributed by atoms with Crippen molar-refractivity contribution in [1.82, 2.24) is 4.90 Å². The Bertz CT molecular complexity index is 1050. The average molecular weight is 389 g/mol. The number of nitrogens with zero attached hydrogens (tertiary/aromatic N) is 1. The van der Waals surface area contributed by atoms with Crippen LogP contribution in [-0.4, -0.2) is 28.8 Å². The van der Waals surface area contributed by atoms with E-state index >= 15 is 0 Å². The normalized spacial score (nSPS) is 18.2. The Labute approximate surface area is 167 Å². The Balaban J connectivity index is 1.85. The van der Waals surface area contributed by atoms with Crippen molar-refractivity contribution in [3.63, 3.8) is 0 Å². The summed E-state index contributed by atoms with van der Waals surface area (Å²) in [5.41, 5.74) is 1.22. The molecule has 0 aliphatic carbocycles. The quantitative estimate of drug-likeness (QED) is 0.407. The van der Waals surface area contributed by atoms with Crippen molar-refractivity contribution in [1.29, 1.82) is 0 Å². The molecule has 1 aromatic heterocycles. The summed E-state index contributed by atoms with van der Waals surface area (Å²) >= 11 is 0. The van der Waals surface area contributed by atoms with Crippen molar-refractivity contribution in [2.75, 3.05) is 7.11 Å². The van der Waals surface area contributed by atoms with E-state index in [4.69, 9.17) is 9.15 Å². The number of amides is 1. The predicted octanol–water partition coefficient (Wildman–Crippen LogP) is 3.91. The molecule has 1 aliphatic heterocycles. The number of methoxy groups -OCH3 is 1. The number of rotatable bonds is 5. The zero-order valence-electron chi connectivity index (χ0n) is 15.7. The van der Waals surface area contributed by atoms with Gasteiger partial charge in [-0.25, -0.2) is 0 Å². The van der Waals surface area contributed by atoms with E-state index in [1.807, 2.05) is 6.07 Å². The highest BCUT2D eigenvalue weighted by molar-refractivity contribution is 6.46. The fourth-order valence-corrected chi connectivity index (χ4v) is 3.50. The van der Waals surface area contributed by atoms with Gasteiger partial charge in [-0.15, -0.1) is 0 Å². The third-order valence-corrected chi connectivity index (χ3v) is 4.93. The van der Waals surface area contributed by atoms with E-state index < -0.39 is 17.7 Å². The zero-order valence-corrected chi connectivity index (χ0v) is 15.7. The molecule has 1 unspecified atom stereocenters. The van der Waals surface area contributed by atoms with Crippen LogP contribution in [0.25, 0.3) is 5.76 Å². The third kappa shape index (κ3) is 3.40. The molecule has 0 saturated carbocycles. The zero-order chi connectivity index (χ0) is 20.4. The summed E-state index contributed by atoms with van der Waals surface area (Å²) in [5, 5.41) is 10.9. The maximum Gasteiger partial charge on any atom is 0.296 e. The first-order valence-electron chi connectivity index (χ1n) is 9.10. The molecule has 1 saturated heterocycles. The highest BCUT2D eigenvalue weighted by Crippen LogP contribution is 2.40. The van der Waals surface area contributed by atoms with Crippen LogP contribution in [0.2, 0.25) is 0 Å². The largest absolute Gasteiger partial charge is 0.507 e. The molecule has 2 aromatic carbocycles. The lowest BCUT2D eigenvalue weighted by Gasteiger charge is -2.24. The Kier molecular flexibility index (Phi) is 4.91. The number of likely N-dealkylation sites (tertiary alicyclic amines) is 1. The first-order valence-corrected chi connectivity index (χ1v) is 9.10. The second-order valence-corrected chi connectivity index (χ2v) is 6.65. The first kappa shape index (κ1) is 18.6. The van der Waals surface area contributed by atoms with Crippen molar-refractivity contribution >= 4 is 17.4 Å². The van der Waals surface area contributed by atoms with Gasteiger partial charge in [-0.05, 0) is 29.8 Å². The second-order valence-electron chi connectivity index (χ2n) is 6.65. The summed E-state index contributed by atoms with van der Waals surface area (Å²) < 4.78 is 10.6. The molecule has 4 rings (SSSR count). The minimum Gasteiger partial charge on any atom is -0.507 e. The summed E-state index contributed by atoms with van der Waals surface area (Å²) in [6, 6.07) is 18.5. The fraction of sp³-hybridized carbons (Fsp3) is 0.130. The van der Waals surface area contributed by atoms with Crippen LogP contribution in [0.4, 0.5) is 0 Å². The van der Waals surface area contributed by atoms with Gasteiger partial charge in [-0.1, -0.05) is 42.5 Å². The molecule has 1 amide bonds. The molecule has 6 nitrogen and oxygen atoms in total. The van der Waals surface area contributed by atoms with Crippen LogP contribution in [-0.2, 0) is 16.1 Å². The van der Waals surface area contributed by atoms with Crippen LogP contribution in [0.15, 0.2) is 83.0 Å². The lowest BCUT2D eigenvalue weighted by atomic mass is 9.95. The molecule has 1 N–H and O–H groups in total. The van der Waals surface area contributed by atoms with E-state index in [2.05, 4.69) is 0 Å². The smallest absolute Gasteiger partial charge is 0.296 e. The Morgan fingerprint density at radius 2 is 1.76 bits per heavy atom. The van der Waals surface area contributed by atoms with Crippen LogP contribution >= 0.6 is 0 Å². The molecule has 146 valence electrons. The van der Waals surface area contributed by atoms with Crippen LogP contribution in [0.3, 0.4) is 0 Å². The van der Waals surface area contributed by atoms with Gasteiger partial charge in [0, 0.05) is 5.56 Å². The SMILES string of the molecule is COc1ccc(C2C(=C(O)c3ccccc3)C(=O)C(=O)N2Cc2ccco2)cc1. The number of aliphatic hydroxyl groups is 1. The molecular weight excluding hydrogens is 370 g/mol. The Hall–Kier alpha value is -3.80. The van der Waals surface area contributed by atoms with Crippen molar-refractivity contribution in [2.45, 2.75) is 12.6 Å². The van der Waals surface area contributed by atoms with Gasteiger partial charge < -0.3 is 19.2 Å². The summed E-state index contributed by atoms with van der Waals surface area (Å²) in [4.78, 5) is 27.2. The van der Waals surface area contributed by atoms with Gasteiger partial charge in [-0.2, -0.15) is 0 Å². The van der Waals surface area contributed by atoms with E-state index in [1.165, 1.54) is 11.2 Å². The lowest BCUT2D eigenvalue weighted by molar-refractivity contribution is -0.140. The maximum absolute atomic E-state index is 12.9. The molecular formula is C23H19NO5. The standard InChI is InChI=1S/C23H19NO5/c1-28-17-11-9-15(10-12-17)20-19(21(25)16-6-3-2-4-7-16)22(26)23(27)24(20)14-18-8-5-13-29-18/h2-13,20,25H,14H2,1H3. The van der Waals surface area contributed by atoms with Crippen LogP contribution in [0.1, 0.15) is 22.9 Å². The fourth-order valence-electron chi connectivity index (χ4n) is 3.50. The van der Waals surface area contributed by atoms with Gasteiger partial charge in [0.05, 0.1) is 31.5 Å². The number of Topliss-reactive ketones (excluding diaryl/α,β-unsaturated/α-hetero) is 1. The van der Waals surface area contributed by atoms with Crippen molar-refractivity contribution in [3.05, 3.63) is 95.5 Å². The van der Waals surface area contributed by atoms with E-state index in [1.54, 1.807) is 67.8 Å². The predicted molar refractivity (Wildman–Crippen MR) is 106 cm³/mol. The molecule has 1 atom stereocenters. The van der Waals surface area contributed by atoms with E-state index in [-0.39, 0.29) is 17.9 Å². The van der Waals surface area contributed by atoms with Crippen molar-refractivity contribution in [2.24, 2.45) is 0 Å². The van der Waals surface area contributed by atoms with Crippen molar-refractivity contribution in [3.8, 4) is 5.75 Å². The number of hydrogen-bond acceptors (Lipinski definition) is 5. The van der Waals surface area contributed by atoms with E-state index in [0.29, 0.717) is 22.6 Å². The minimum absolute atomic E-state index is 0.0536. The van der Waals surface area contributed by atoms with E-state index in [9.17, 15) is 14.7 Å². The number of ether oxygens (including phenoxy) is 1. The van der Waals surface area contributed by atoms with E-state index in [0.717, 1.165) is 0 Å². The van der Waals surface area contributed by atoms with Gasteiger partial charge in [0.1, 0.15) is 17.3 Å². The third-order valence-electron chi connectivity index (χ3n) is 4.93. The molecule has 0 spiro atoms. The molecule has 2 heterocycles. The number of carbonyl (C=O) groups is 2. The van der Waals surface area contributed by atoms with Gasteiger partial charge in [0.2, 0.25) is 0 Å². The molecule has 3 aromatic rings. The highest BCUT2D eigenvalue weighted by atomic mass is 16.5.